The number of hydrogen-bond donors (Lipinski definition) is 3. The number of aliphatic hydroxyl groups is 1. The largest absolute Gasteiger partial charge is 0.391 e. The summed E-state index contributed by atoms with van der Waals surface area (Å²) in [5.41, 5.74) is 3.85. The van der Waals surface area contributed by atoms with Crippen LogP contribution < -0.4 is 4.72 Å². The van der Waals surface area contributed by atoms with E-state index in [9.17, 15) is 13.5 Å². The van der Waals surface area contributed by atoms with Gasteiger partial charge in [-0.1, -0.05) is 13.0 Å². The van der Waals surface area contributed by atoms with Crippen molar-refractivity contribution in [2.45, 2.75) is 31.1 Å². The summed E-state index contributed by atoms with van der Waals surface area (Å²) in [6, 6.07) is 7.48. The van der Waals surface area contributed by atoms with Crippen molar-refractivity contribution in [3.05, 3.63) is 51.8 Å². The number of nitrogens with one attached hydrogen (secondary N) is 2. The fraction of sp³-hybridized carbons (Fsp3) is 0.211. The van der Waals surface area contributed by atoms with Gasteiger partial charge in [0.15, 0.2) is 0 Å². The molecule has 4 rings (SSSR count). The standard InChI is InChI=1S/C19H19N3O3S3/c1-3-12-6-7-26-19(12)28(24,25)22-15-5-4-11(2)14-8-16(21-17(14)15)18-20-9-13(10-23)27-18/h4-9,21-23H,3,10H2,1-2H3. The molecule has 0 aliphatic heterocycles. The number of rotatable bonds is 6. The summed E-state index contributed by atoms with van der Waals surface area (Å²) >= 11 is 2.62. The third kappa shape index (κ3) is 3.35. The Morgan fingerprint density at radius 2 is 2.11 bits per heavy atom. The number of nitrogens with zero attached hydrogens (tertiary/aromatic N) is 1. The van der Waals surface area contributed by atoms with Gasteiger partial charge < -0.3 is 10.1 Å². The molecule has 0 saturated heterocycles. The van der Waals surface area contributed by atoms with Crippen LogP contribution >= 0.6 is 22.7 Å². The lowest BCUT2D eigenvalue weighted by molar-refractivity contribution is 0.285. The molecule has 0 aliphatic rings. The van der Waals surface area contributed by atoms with Gasteiger partial charge in [-0.05, 0) is 48.1 Å². The van der Waals surface area contributed by atoms with Gasteiger partial charge in [-0.3, -0.25) is 4.72 Å². The highest BCUT2D eigenvalue weighted by molar-refractivity contribution is 7.94. The van der Waals surface area contributed by atoms with Gasteiger partial charge >= 0.3 is 0 Å². The third-order valence-corrected chi connectivity index (χ3v) is 8.48. The molecule has 28 heavy (non-hydrogen) atoms. The van der Waals surface area contributed by atoms with Crippen molar-refractivity contribution in [1.82, 2.24) is 9.97 Å². The number of thiophene rings is 1. The molecule has 146 valence electrons. The van der Waals surface area contributed by atoms with Crippen LogP contribution in [-0.4, -0.2) is 23.5 Å². The number of aromatic nitrogens is 2. The van der Waals surface area contributed by atoms with Crippen molar-refractivity contribution in [2.75, 3.05) is 4.72 Å². The zero-order chi connectivity index (χ0) is 19.9. The van der Waals surface area contributed by atoms with E-state index in [1.54, 1.807) is 17.6 Å². The number of aliphatic hydroxyl groups excluding tert-OH is 1. The van der Waals surface area contributed by atoms with E-state index in [0.717, 1.165) is 32.1 Å². The zero-order valence-corrected chi connectivity index (χ0v) is 17.8. The first kappa shape index (κ1) is 19.1. The molecule has 0 aliphatic carbocycles. The summed E-state index contributed by atoms with van der Waals surface area (Å²) in [5.74, 6) is 0. The van der Waals surface area contributed by atoms with Crippen LogP contribution in [0.2, 0.25) is 0 Å². The Hall–Kier alpha value is -2.20. The Kier molecular flexibility index (Phi) is 5.00. The predicted octanol–water partition coefficient (Wildman–Crippen LogP) is 4.52. The van der Waals surface area contributed by atoms with E-state index in [-0.39, 0.29) is 6.61 Å². The fourth-order valence-corrected chi connectivity index (χ4v) is 6.45. The number of thiazole rings is 1. The lowest BCUT2D eigenvalue weighted by Crippen LogP contribution is -2.13. The van der Waals surface area contributed by atoms with Gasteiger partial charge in [0.1, 0.15) is 9.22 Å². The molecule has 1 aromatic carbocycles. The van der Waals surface area contributed by atoms with Crippen LogP contribution in [0, 0.1) is 6.92 Å². The summed E-state index contributed by atoms with van der Waals surface area (Å²) in [5, 5.41) is 12.7. The minimum atomic E-state index is -3.67. The molecule has 0 bridgehead atoms. The lowest BCUT2D eigenvalue weighted by atomic mass is 10.1. The molecule has 0 amide bonds. The maximum atomic E-state index is 12.9. The number of sulfonamides is 1. The summed E-state index contributed by atoms with van der Waals surface area (Å²) in [4.78, 5) is 8.41. The SMILES string of the molecule is CCc1ccsc1S(=O)(=O)Nc1ccc(C)c2cc(-c3ncc(CO)s3)[nH]c12. The van der Waals surface area contributed by atoms with Gasteiger partial charge in [0.25, 0.3) is 10.0 Å². The topological polar surface area (TPSA) is 95.1 Å². The second-order valence-corrected chi connectivity index (χ2v) is 10.3. The summed E-state index contributed by atoms with van der Waals surface area (Å²) in [6.07, 6.45) is 2.30. The number of H-pyrrole nitrogens is 1. The Bertz CT molecular complexity index is 1250. The molecular formula is C19H19N3O3S3. The van der Waals surface area contributed by atoms with Crippen LogP contribution in [0.4, 0.5) is 5.69 Å². The average Bonchev–Trinajstić information content (AvgIpc) is 3.42. The van der Waals surface area contributed by atoms with E-state index in [0.29, 0.717) is 21.8 Å². The van der Waals surface area contributed by atoms with Crippen molar-refractivity contribution < 1.29 is 13.5 Å². The maximum absolute atomic E-state index is 12.9. The van der Waals surface area contributed by atoms with Crippen molar-refractivity contribution in [3.8, 4) is 10.7 Å². The summed E-state index contributed by atoms with van der Waals surface area (Å²) in [6.45, 7) is 3.87. The number of benzene rings is 1. The number of aromatic amines is 1. The normalized spacial score (nSPS) is 12.0. The molecule has 0 atom stereocenters. The molecule has 9 heteroatoms. The second-order valence-electron chi connectivity index (χ2n) is 6.38. The first-order chi connectivity index (χ1) is 13.4. The van der Waals surface area contributed by atoms with E-state index in [1.165, 1.54) is 22.7 Å². The van der Waals surface area contributed by atoms with Crippen LogP contribution in [0.3, 0.4) is 0 Å². The highest BCUT2D eigenvalue weighted by Gasteiger charge is 2.21. The Labute approximate surface area is 171 Å². The molecule has 4 aromatic rings. The second kappa shape index (κ2) is 7.32. The molecule has 3 N–H and O–H groups in total. The predicted molar refractivity (Wildman–Crippen MR) is 115 cm³/mol. The van der Waals surface area contributed by atoms with E-state index in [2.05, 4.69) is 14.7 Å². The van der Waals surface area contributed by atoms with Crippen LogP contribution in [0.15, 0.2) is 40.1 Å². The highest BCUT2D eigenvalue weighted by atomic mass is 32.2. The summed E-state index contributed by atoms with van der Waals surface area (Å²) < 4.78 is 29.0. The van der Waals surface area contributed by atoms with E-state index >= 15 is 0 Å². The molecule has 6 nitrogen and oxygen atoms in total. The monoisotopic (exact) mass is 433 g/mol. The maximum Gasteiger partial charge on any atom is 0.271 e. The fourth-order valence-electron chi connectivity index (χ4n) is 3.08. The Morgan fingerprint density at radius 3 is 2.82 bits per heavy atom. The smallest absolute Gasteiger partial charge is 0.271 e. The first-order valence-corrected chi connectivity index (χ1v) is 11.9. The minimum absolute atomic E-state index is 0.0530. The van der Waals surface area contributed by atoms with Crippen molar-refractivity contribution in [1.29, 1.82) is 0 Å². The van der Waals surface area contributed by atoms with Crippen molar-refractivity contribution >= 4 is 49.3 Å². The molecule has 0 unspecified atom stereocenters. The van der Waals surface area contributed by atoms with Crippen LogP contribution in [0.1, 0.15) is 22.9 Å². The molecular weight excluding hydrogens is 414 g/mol. The summed E-state index contributed by atoms with van der Waals surface area (Å²) in [7, 11) is -3.67. The molecule has 0 spiro atoms. The minimum Gasteiger partial charge on any atom is -0.391 e. The highest BCUT2D eigenvalue weighted by Crippen LogP contribution is 2.34. The van der Waals surface area contributed by atoms with Crippen molar-refractivity contribution in [2.24, 2.45) is 0 Å². The number of anilines is 1. The Balaban J connectivity index is 1.78. The number of aryl methyl sites for hydroxylation is 2. The van der Waals surface area contributed by atoms with Gasteiger partial charge in [0.05, 0.1) is 28.4 Å². The van der Waals surface area contributed by atoms with Gasteiger partial charge in [-0.15, -0.1) is 22.7 Å². The Morgan fingerprint density at radius 1 is 1.29 bits per heavy atom. The molecule has 0 saturated carbocycles. The lowest BCUT2D eigenvalue weighted by Gasteiger charge is -2.10. The van der Waals surface area contributed by atoms with E-state index in [4.69, 9.17) is 0 Å². The number of fused-ring (bicyclic) bond motifs is 1. The third-order valence-electron chi connectivity index (χ3n) is 4.53. The van der Waals surface area contributed by atoms with Crippen LogP contribution in [-0.2, 0) is 23.1 Å². The molecule has 3 heterocycles. The van der Waals surface area contributed by atoms with Gasteiger partial charge in [0, 0.05) is 11.6 Å². The zero-order valence-electron chi connectivity index (χ0n) is 15.3. The van der Waals surface area contributed by atoms with E-state index < -0.39 is 10.0 Å². The van der Waals surface area contributed by atoms with Crippen molar-refractivity contribution in [3.63, 3.8) is 0 Å². The number of hydrogen-bond acceptors (Lipinski definition) is 6. The van der Waals surface area contributed by atoms with Crippen LogP contribution in [0.5, 0.6) is 0 Å². The van der Waals surface area contributed by atoms with Crippen LogP contribution in [0.25, 0.3) is 21.6 Å². The van der Waals surface area contributed by atoms with Gasteiger partial charge in [0.2, 0.25) is 0 Å². The van der Waals surface area contributed by atoms with Gasteiger partial charge in [-0.2, -0.15) is 0 Å². The molecule has 0 fully saturated rings. The first-order valence-electron chi connectivity index (χ1n) is 8.70. The molecule has 3 aromatic heterocycles. The van der Waals surface area contributed by atoms with Gasteiger partial charge in [-0.25, -0.2) is 13.4 Å². The average molecular weight is 434 g/mol. The van der Waals surface area contributed by atoms with E-state index in [1.807, 2.05) is 32.0 Å². The molecule has 0 radical (unpaired) electrons. The quantitative estimate of drug-likeness (QED) is 0.417.